The van der Waals surface area contributed by atoms with E-state index in [1.54, 1.807) is 18.2 Å². The van der Waals surface area contributed by atoms with Crippen molar-refractivity contribution in [2.24, 2.45) is 5.92 Å². The van der Waals surface area contributed by atoms with Crippen LogP contribution in [0.1, 0.15) is 18.4 Å². The number of amides is 1. The smallest absolute Gasteiger partial charge is 0.319 e. The molecule has 0 saturated carbocycles. The first-order chi connectivity index (χ1) is 16.0. The van der Waals surface area contributed by atoms with Crippen LogP contribution in [0.3, 0.4) is 0 Å². The van der Waals surface area contributed by atoms with Gasteiger partial charge in [-0.25, -0.2) is 0 Å². The highest BCUT2D eigenvalue weighted by molar-refractivity contribution is 8.03. The van der Waals surface area contributed by atoms with Crippen molar-refractivity contribution >= 4 is 35.2 Å². The quantitative estimate of drug-likeness (QED) is 0.321. The topological polar surface area (TPSA) is 97.6 Å². The molecule has 0 fully saturated rings. The Morgan fingerprint density at radius 2 is 1.97 bits per heavy atom. The van der Waals surface area contributed by atoms with Gasteiger partial charge in [0.05, 0.1) is 42.0 Å². The van der Waals surface area contributed by atoms with Crippen molar-refractivity contribution in [3.8, 4) is 17.6 Å². The maximum absolute atomic E-state index is 12.9. The summed E-state index contributed by atoms with van der Waals surface area (Å²) in [4.78, 5) is 25.4. The van der Waals surface area contributed by atoms with Gasteiger partial charge in [-0.3, -0.25) is 9.59 Å². The molecule has 0 aliphatic carbocycles. The largest absolute Gasteiger partial charge is 0.493 e. The van der Waals surface area contributed by atoms with Crippen LogP contribution in [-0.2, 0) is 14.3 Å². The summed E-state index contributed by atoms with van der Waals surface area (Å²) in [5.74, 6) is -1.64. The van der Waals surface area contributed by atoms with Crippen molar-refractivity contribution in [2.45, 2.75) is 12.8 Å². The van der Waals surface area contributed by atoms with E-state index in [0.29, 0.717) is 40.3 Å². The molecule has 3 rings (SSSR count). The fraction of sp³-hybridized carbons (Fsp3) is 0.292. The predicted octanol–water partition coefficient (Wildman–Crippen LogP) is 4.29. The van der Waals surface area contributed by atoms with E-state index in [0.717, 1.165) is 5.75 Å². The van der Waals surface area contributed by atoms with Crippen molar-refractivity contribution in [3.05, 3.63) is 69.7 Å². The first-order valence-corrected chi connectivity index (χ1v) is 11.6. The zero-order valence-electron chi connectivity index (χ0n) is 18.2. The van der Waals surface area contributed by atoms with Crippen molar-refractivity contribution in [1.82, 2.24) is 5.32 Å². The van der Waals surface area contributed by atoms with Crippen LogP contribution in [0.15, 0.2) is 59.1 Å². The van der Waals surface area contributed by atoms with Crippen LogP contribution in [0, 0.1) is 17.2 Å². The normalized spacial score (nSPS) is 17.7. The Labute approximate surface area is 201 Å². The van der Waals surface area contributed by atoms with Gasteiger partial charge in [0.15, 0.2) is 0 Å². The minimum atomic E-state index is -1.22. The Morgan fingerprint density at radius 1 is 1.21 bits per heavy atom. The molecule has 1 heterocycles. The zero-order chi connectivity index (χ0) is 23.8. The second-order valence-electron chi connectivity index (χ2n) is 6.96. The number of carbonyl (C=O) groups is 2. The molecule has 2 aromatic carbocycles. The maximum Gasteiger partial charge on any atom is 0.319 e. The number of nitriles is 1. The van der Waals surface area contributed by atoms with Crippen LogP contribution >= 0.6 is 23.4 Å². The molecule has 33 heavy (non-hydrogen) atoms. The number of halogens is 1. The summed E-state index contributed by atoms with van der Waals surface area (Å²) in [5, 5.41) is 13.4. The standard InChI is InChI=1S/C24H23ClN2O5S/c1-3-31-19-10-9-15(13-18(19)25)20-17(14-26)23(27-22(28)21(20)24(29)30-2)33-12-11-32-16-7-5-4-6-8-16/h4-10,13,20-21H,3,11-12H2,1-2H3,(H,27,28)/t20-,21+/m0/s1. The Morgan fingerprint density at radius 3 is 2.61 bits per heavy atom. The summed E-state index contributed by atoms with van der Waals surface area (Å²) in [6.45, 7) is 2.64. The number of ether oxygens (including phenoxy) is 3. The van der Waals surface area contributed by atoms with Gasteiger partial charge < -0.3 is 19.5 Å². The molecule has 0 unspecified atom stereocenters. The van der Waals surface area contributed by atoms with E-state index in [-0.39, 0.29) is 5.57 Å². The van der Waals surface area contributed by atoms with Crippen molar-refractivity contribution in [1.29, 1.82) is 5.26 Å². The molecule has 2 aromatic rings. The lowest BCUT2D eigenvalue weighted by atomic mass is 9.78. The SMILES string of the molecule is CCOc1ccc([C@H]2C(C#N)=C(SCCOc3ccccc3)NC(=O)[C@@H]2C(=O)OC)cc1Cl. The molecular formula is C24H23ClN2O5S. The second-order valence-corrected chi connectivity index (χ2v) is 8.47. The number of esters is 1. The number of hydrogen-bond acceptors (Lipinski definition) is 7. The molecule has 2 atom stereocenters. The average Bonchev–Trinajstić information content (AvgIpc) is 2.83. The number of benzene rings is 2. The molecule has 0 spiro atoms. The highest BCUT2D eigenvalue weighted by Gasteiger charge is 2.44. The minimum absolute atomic E-state index is 0.259. The van der Waals surface area contributed by atoms with E-state index in [1.165, 1.54) is 18.9 Å². The number of nitrogens with one attached hydrogen (secondary N) is 1. The average molecular weight is 487 g/mol. The van der Waals surface area contributed by atoms with Crippen LogP contribution in [0.25, 0.3) is 0 Å². The summed E-state index contributed by atoms with van der Waals surface area (Å²) in [6, 6.07) is 16.5. The number of rotatable bonds is 9. The Bertz CT molecular complexity index is 1080. The molecule has 1 N–H and O–H groups in total. The number of carbonyl (C=O) groups excluding carboxylic acids is 2. The van der Waals surface area contributed by atoms with Crippen LogP contribution in [0.5, 0.6) is 11.5 Å². The molecular weight excluding hydrogens is 464 g/mol. The van der Waals surface area contributed by atoms with E-state index < -0.39 is 23.7 Å². The number of allylic oxidation sites excluding steroid dienone is 1. The summed E-state index contributed by atoms with van der Waals surface area (Å²) in [6.07, 6.45) is 0. The zero-order valence-corrected chi connectivity index (χ0v) is 19.7. The minimum Gasteiger partial charge on any atom is -0.493 e. The van der Waals surface area contributed by atoms with Gasteiger partial charge in [0.25, 0.3) is 0 Å². The van der Waals surface area contributed by atoms with Gasteiger partial charge in [-0.15, -0.1) is 11.8 Å². The van der Waals surface area contributed by atoms with E-state index in [4.69, 9.17) is 25.8 Å². The Hall–Kier alpha value is -3.15. The number of methoxy groups -OCH3 is 1. The van der Waals surface area contributed by atoms with Crippen molar-refractivity contribution < 1.29 is 23.8 Å². The van der Waals surface area contributed by atoms with Crippen molar-refractivity contribution in [3.63, 3.8) is 0 Å². The van der Waals surface area contributed by atoms with Crippen molar-refractivity contribution in [2.75, 3.05) is 26.1 Å². The molecule has 172 valence electrons. The summed E-state index contributed by atoms with van der Waals surface area (Å²) >= 11 is 7.63. The number of hydrogen-bond donors (Lipinski definition) is 1. The van der Waals surface area contributed by atoms with Gasteiger partial charge in [0.1, 0.15) is 17.4 Å². The van der Waals surface area contributed by atoms with E-state index >= 15 is 0 Å². The molecule has 9 heteroatoms. The summed E-state index contributed by atoms with van der Waals surface area (Å²) < 4.78 is 16.0. The number of para-hydroxylation sites is 1. The lowest BCUT2D eigenvalue weighted by molar-refractivity contribution is -0.150. The van der Waals surface area contributed by atoms with Gasteiger partial charge in [-0.2, -0.15) is 5.26 Å². The highest BCUT2D eigenvalue weighted by Crippen LogP contribution is 2.42. The fourth-order valence-corrected chi connectivity index (χ4v) is 4.60. The van der Waals surface area contributed by atoms with Crippen LogP contribution in [-0.4, -0.2) is 38.0 Å². The van der Waals surface area contributed by atoms with Crippen LogP contribution in [0.4, 0.5) is 0 Å². The van der Waals surface area contributed by atoms with E-state index in [9.17, 15) is 14.9 Å². The van der Waals surface area contributed by atoms with Gasteiger partial charge in [-0.05, 0) is 36.8 Å². The van der Waals surface area contributed by atoms with Gasteiger partial charge in [0, 0.05) is 11.7 Å². The second kappa shape index (κ2) is 11.6. The Balaban J connectivity index is 1.89. The predicted molar refractivity (Wildman–Crippen MR) is 126 cm³/mol. The lowest BCUT2D eigenvalue weighted by Gasteiger charge is -2.31. The third-order valence-electron chi connectivity index (χ3n) is 4.94. The number of thioether (sulfide) groups is 1. The number of nitrogens with zero attached hydrogens (tertiary/aromatic N) is 1. The maximum atomic E-state index is 12.9. The van der Waals surface area contributed by atoms with Gasteiger partial charge in [-0.1, -0.05) is 35.9 Å². The highest BCUT2D eigenvalue weighted by atomic mass is 35.5. The molecule has 0 aromatic heterocycles. The monoisotopic (exact) mass is 486 g/mol. The fourth-order valence-electron chi connectivity index (χ4n) is 3.48. The molecule has 1 amide bonds. The van der Waals surface area contributed by atoms with Gasteiger partial charge >= 0.3 is 5.97 Å². The lowest BCUT2D eigenvalue weighted by Crippen LogP contribution is -2.44. The molecule has 0 saturated heterocycles. The van der Waals surface area contributed by atoms with Gasteiger partial charge in [0.2, 0.25) is 5.91 Å². The van der Waals surface area contributed by atoms with Crippen LogP contribution < -0.4 is 14.8 Å². The third kappa shape index (κ3) is 5.81. The molecule has 0 radical (unpaired) electrons. The van der Waals surface area contributed by atoms with E-state index in [2.05, 4.69) is 11.4 Å². The Kier molecular flexibility index (Phi) is 8.64. The van der Waals surface area contributed by atoms with Crippen LogP contribution in [0.2, 0.25) is 5.02 Å². The first kappa shape index (κ1) is 24.5. The summed E-state index contributed by atoms with van der Waals surface area (Å²) in [5.41, 5.74) is 0.804. The summed E-state index contributed by atoms with van der Waals surface area (Å²) in [7, 11) is 1.21. The molecule has 0 bridgehead atoms. The first-order valence-electron chi connectivity index (χ1n) is 10.3. The molecule has 1 aliphatic rings. The molecule has 1 aliphatic heterocycles. The molecule has 7 nitrogen and oxygen atoms in total. The third-order valence-corrected chi connectivity index (χ3v) is 6.22. The van der Waals surface area contributed by atoms with E-state index in [1.807, 2.05) is 37.3 Å².